The van der Waals surface area contributed by atoms with Crippen LogP contribution in [-0.4, -0.2) is 10.9 Å². The van der Waals surface area contributed by atoms with Crippen LogP contribution >= 0.6 is 0 Å². The van der Waals surface area contributed by atoms with Crippen molar-refractivity contribution in [3.8, 4) is 0 Å². The van der Waals surface area contributed by atoms with Crippen molar-refractivity contribution in [2.24, 2.45) is 5.84 Å². The van der Waals surface area contributed by atoms with Gasteiger partial charge in [0.2, 0.25) is 0 Å². The summed E-state index contributed by atoms with van der Waals surface area (Å²) in [5.74, 6) is 4.85. The van der Waals surface area contributed by atoms with E-state index in [-0.39, 0.29) is 5.91 Å². The predicted octanol–water partition coefficient (Wildman–Crippen LogP) is 1.92. The lowest BCUT2D eigenvalue weighted by Gasteiger charge is -1.99. The van der Waals surface area contributed by atoms with Gasteiger partial charge in [-0.05, 0) is 24.3 Å². The van der Waals surface area contributed by atoms with Crippen LogP contribution in [0.2, 0.25) is 0 Å². The Morgan fingerprint density at radius 1 is 1.06 bits per heavy atom. The number of hydrogen-bond acceptors (Lipinski definition) is 2. The zero-order valence-electron chi connectivity index (χ0n) is 9.03. The van der Waals surface area contributed by atoms with Gasteiger partial charge in [0.15, 0.2) is 0 Å². The largest absolute Gasteiger partial charge is 0.355 e. The molecule has 0 aliphatic carbocycles. The Balaban J connectivity index is 2.33. The summed E-state index contributed by atoms with van der Waals surface area (Å²) in [5, 5.41) is 2.14. The summed E-state index contributed by atoms with van der Waals surface area (Å²) in [4.78, 5) is 14.8. The van der Waals surface area contributed by atoms with Crippen LogP contribution in [0, 0.1) is 0 Å². The topological polar surface area (TPSA) is 70.9 Å². The first-order chi connectivity index (χ1) is 8.29. The second-order valence-corrected chi connectivity index (χ2v) is 3.90. The van der Waals surface area contributed by atoms with Crippen molar-refractivity contribution in [2.45, 2.75) is 0 Å². The third-order valence-corrected chi connectivity index (χ3v) is 2.90. The van der Waals surface area contributed by atoms with Crippen LogP contribution in [-0.2, 0) is 0 Å². The third-order valence-electron chi connectivity index (χ3n) is 2.90. The molecule has 17 heavy (non-hydrogen) atoms. The predicted molar refractivity (Wildman–Crippen MR) is 67.5 cm³/mol. The van der Waals surface area contributed by atoms with Crippen LogP contribution in [0.25, 0.3) is 21.8 Å². The van der Waals surface area contributed by atoms with Crippen molar-refractivity contribution in [2.75, 3.05) is 0 Å². The Kier molecular flexibility index (Phi) is 2.09. The molecule has 0 aliphatic rings. The number of hydrogen-bond donors (Lipinski definition) is 3. The van der Waals surface area contributed by atoms with Crippen LogP contribution in [0.15, 0.2) is 42.5 Å². The second-order valence-electron chi connectivity index (χ2n) is 3.90. The number of nitrogens with one attached hydrogen (secondary N) is 2. The monoisotopic (exact) mass is 225 g/mol. The minimum Gasteiger partial charge on any atom is -0.355 e. The van der Waals surface area contributed by atoms with Crippen LogP contribution in [0.5, 0.6) is 0 Å². The Labute approximate surface area is 97.4 Å². The number of rotatable bonds is 1. The summed E-state index contributed by atoms with van der Waals surface area (Å²) < 4.78 is 0. The quantitative estimate of drug-likeness (QED) is 0.336. The minimum absolute atomic E-state index is 0.280. The molecular weight excluding hydrogens is 214 g/mol. The number of carbonyl (C=O) groups excluding carboxylic acids is 1. The molecule has 1 heterocycles. The highest BCUT2D eigenvalue weighted by molar-refractivity contribution is 6.09. The van der Waals surface area contributed by atoms with E-state index in [2.05, 4.69) is 10.4 Å². The lowest BCUT2D eigenvalue weighted by Crippen LogP contribution is -2.29. The van der Waals surface area contributed by atoms with Gasteiger partial charge in [-0.1, -0.05) is 18.2 Å². The van der Waals surface area contributed by atoms with E-state index in [0.29, 0.717) is 5.56 Å². The number of para-hydroxylation sites is 1. The number of nitrogens with two attached hydrogens (primary N) is 1. The molecule has 0 spiro atoms. The molecule has 2 aromatic carbocycles. The van der Waals surface area contributed by atoms with Gasteiger partial charge in [0.05, 0.1) is 0 Å². The van der Waals surface area contributed by atoms with E-state index < -0.39 is 0 Å². The van der Waals surface area contributed by atoms with Crippen molar-refractivity contribution in [1.82, 2.24) is 10.4 Å². The Bertz CT molecular complexity index is 715. The van der Waals surface area contributed by atoms with Gasteiger partial charge in [-0.3, -0.25) is 10.2 Å². The van der Waals surface area contributed by atoms with Gasteiger partial charge in [0.1, 0.15) is 0 Å². The van der Waals surface area contributed by atoms with E-state index in [4.69, 9.17) is 5.84 Å². The van der Waals surface area contributed by atoms with E-state index in [1.54, 1.807) is 6.07 Å². The molecule has 0 radical (unpaired) electrons. The number of benzene rings is 2. The maximum atomic E-state index is 11.5. The smallest absolute Gasteiger partial charge is 0.265 e. The maximum absolute atomic E-state index is 11.5. The standard InChI is InChI=1S/C13H11N3O/c14-16-13(17)8-5-6-12-10(7-8)9-3-1-2-4-11(9)15-12/h1-7,15H,14H2,(H,16,17). The van der Waals surface area contributed by atoms with Gasteiger partial charge in [-0.25, -0.2) is 5.84 Å². The first-order valence-corrected chi connectivity index (χ1v) is 5.31. The van der Waals surface area contributed by atoms with Gasteiger partial charge < -0.3 is 4.98 Å². The number of H-pyrrole nitrogens is 1. The van der Waals surface area contributed by atoms with Gasteiger partial charge in [0.25, 0.3) is 5.91 Å². The fourth-order valence-corrected chi connectivity index (χ4v) is 2.07. The lowest BCUT2D eigenvalue weighted by molar-refractivity contribution is 0.0954. The molecule has 4 heteroatoms. The minimum atomic E-state index is -0.280. The van der Waals surface area contributed by atoms with Crippen molar-refractivity contribution >= 4 is 27.7 Å². The molecule has 0 saturated carbocycles. The summed E-state index contributed by atoms with van der Waals surface area (Å²) in [5.41, 5.74) is 4.77. The SMILES string of the molecule is NNC(=O)c1ccc2[nH]c3ccccc3c2c1. The molecule has 4 N–H and O–H groups in total. The van der Waals surface area contributed by atoms with Crippen molar-refractivity contribution in [3.05, 3.63) is 48.0 Å². The fourth-order valence-electron chi connectivity index (χ4n) is 2.07. The lowest BCUT2D eigenvalue weighted by atomic mass is 10.1. The number of aromatic nitrogens is 1. The van der Waals surface area contributed by atoms with Gasteiger partial charge in [0, 0.05) is 27.4 Å². The molecule has 3 aromatic rings. The number of carbonyl (C=O) groups is 1. The maximum Gasteiger partial charge on any atom is 0.265 e. The normalized spacial score (nSPS) is 10.9. The zero-order chi connectivity index (χ0) is 11.8. The summed E-state index contributed by atoms with van der Waals surface area (Å²) in [7, 11) is 0. The molecule has 0 fully saturated rings. The summed E-state index contributed by atoms with van der Waals surface area (Å²) in [6, 6.07) is 13.5. The Hall–Kier alpha value is -2.33. The van der Waals surface area contributed by atoms with Crippen molar-refractivity contribution in [3.63, 3.8) is 0 Å². The van der Waals surface area contributed by atoms with Crippen LogP contribution < -0.4 is 11.3 Å². The average Bonchev–Trinajstić information content (AvgIpc) is 2.75. The fraction of sp³-hybridized carbons (Fsp3) is 0. The number of aromatic amines is 1. The molecule has 84 valence electrons. The molecular formula is C13H11N3O. The number of hydrazine groups is 1. The van der Waals surface area contributed by atoms with Gasteiger partial charge in [-0.2, -0.15) is 0 Å². The highest BCUT2D eigenvalue weighted by Crippen LogP contribution is 2.25. The van der Waals surface area contributed by atoms with Crippen molar-refractivity contribution < 1.29 is 4.79 Å². The molecule has 0 bridgehead atoms. The molecule has 1 amide bonds. The molecule has 0 aliphatic heterocycles. The van der Waals surface area contributed by atoms with Crippen molar-refractivity contribution in [1.29, 1.82) is 0 Å². The Morgan fingerprint density at radius 2 is 1.82 bits per heavy atom. The summed E-state index contributed by atoms with van der Waals surface area (Å²) in [6.07, 6.45) is 0. The highest BCUT2D eigenvalue weighted by Gasteiger charge is 2.08. The summed E-state index contributed by atoms with van der Waals surface area (Å²) in [6.45, 7) is 0. The molecule has 0 atom stereocenters. The molecule has 0 saturated heterocycles. The first kappa shape index (κ1) is 9.86. The molecule has 4 nitrogen and oxygen atoms in total. The summed E-state index contributed by atoms with van der Waals surface area (Å²) >= 11 is 0. The van der Waals surface area contributed by atoms with Crippen LogP contribution in [0.3, 0.4) is 0 Å². The van der Waals surface area contributed by atoms with Gasteiger partial charge >= 0.3 is 0 Å². The molecule has 1 aromatic heterocycles. The third kappa shape index (κ3) is 1.46. The number of fused-ring (bicyclic) bond motifs is 3. The molecule has 3 rings (SSSR count). The number of amides is 1. The van der Waals surface area contributed by atoms with Crippen LogP contribution in [0.1, 0.15) is 10.4 Å². The van der Waals surface area contributed by atoms with E-state index in [1.165, 1.54) is 0 Å². The first-order valence-electron chi connectivity index (χ1n) is 5.31. The number of nitrogen functional groups attached to an aromatic ring is 1. The van der Waals surface area contributed by atoms with Gasteiger partial charge in [-0.15, -0.1) is 0 Å². The van der Waals surface area contributed by atoms with E-state index >= 15 is 0 Å². The zero-order valence-corrected chi connectivity index (χ0v) is 9.03. The second kappa shape index (κ2) is 3.61. The van der Waals surface area contributed by atoms with E-state index in [0.717, 1.165) is 21.8 Å². The molecule has 0 unspecified atom stereocenters. The Morgan fingerprint density at radius 3 is 2.65 bits per heavy atom. The van der Waals surface area contributed by atoms with E-state index in [9.17, 15) is 4.79 Å². The van der Waals surface area contributed by atoms with Crippen LogP contribution in [0.4, 0.5) is 0 Å². The van der Waals surface area contributed by atoms with E-state index in [1.807, 2.05) is 36.4 Å². The average molecular weight is 225 g/mol. The highest BCUT2D eigenvalue weighted by atomic mass is 16.2.